The summed E-state index contributed by atoms with van der Waals surface area (Å²) in [5.74, 6) is 2.70. The Labute approximate surface area is 116 Å². The molecule has 0 amide bonds. The van der Waals surface area contributed by atoms with Crippen molar-refractivity contribution in [2.24, 2.45) is 0 Å². The van der Waals surface area contributed by atoms with Crippen LogP contribution in [-0.4, -0.2) is 22.1 Å². The van der Waals surface area contributed by atoms with E-state index in [1.165, 1.54) is 38.5 Å². The van der Waals surface area contributed by atoms with E-state index in [1.54, 1.807) is 0 Å². The maximum atomic E-state index is 4.50. The van der Waals surface area contributed by atoms with Crippen molar-refractivity contribution in [2.75, 3.05) is 10.6 Å². The normalized spacial score (nSPS) is 17.3. The molecular weight excluding hydrogens is 236 g/mol. The summed E-state index contributed by atoms with van der Waals surface area (Å²) in [6, 6.07) is 2.99. The Morgan fingerprint density at radius 3 is 2.32 bits per heavy atom. The van der Waals surface area contributed by atoms with Crippen LogP contribution in [0.3, 0.4) is 0 Å². The van der Waals surface area contributed by atoms with Crippen LogP contribution < -0.4 is 10.6 Å². The molecule has 19 heavy (non-hydrogen) atoms. The van der Waals surface area contributed by atoms with Gasteiger partial charge >= 0.3 is 0 Å². The minimum Gasteiger partial charge on any atom is -0.368 e. The fourth-order valence-electron chi connectivity index (χ4n) is 2.64. The van der Waals surface area contributed by atoms with Crippen LogP contribution in [-0.2, 0) is 0 Å². The fourth-order valence-corrected chi connectivity index (χ4v) is 2.64. The van der Waals surface area contributed by atoms with Crippen LogP contribution in [0.5, 0.6) is 0 Å². The summed E-state index contributed by atoms with van der Waals surface area (Å²) < 4.78 is 0. The van der Waals surface area contributed by atoms with E-state index < -0.39 is 0 Å². The van der Waals surface area contributed by atoms with E-state index in [1.807, 2.05) is 13.0 Å². The number of aryl methyl sites for hydroxylation is 1. The van der Waals surface area contributed by atoms with Gasteiger partial charge in [-0.2, -0.15) is 0 Å². The minimum absolute atomic E-state index is 0.389. The van der Waals surface area contributed by atoms with Crippen molar-refractivity contribution in [3.05, 3.63) is 11.9 Å². The van der Waals surface area contributed by atoms with E-state index in [0.29, 0.717) is 12.1 Å². The molecule has 4 heteroatoms. The average molecular weight is 262 g/mol. The average Bonchev–Trinajstić information content (AvgIpc) is 2.55. The predicted octanol–water partition coefficient (Wildman–Crippen LogP) is 3.74. The summed E-state index contributed by atoms with van der Waals surface area (Å²) in [4.78, 5) is 8.93. The van der Waals surface area contributed by atoms with Crippen LogP contribution in [0.4, 0.5) is 11.6 Å². The molecule has 0 radical (unpaired) electrons. The van der Waals surface area contributed by atoms with Gasteiger partial charge in [0, 0.05) is 18.2 Å². The molecule has 1 aliphatic rings. The molecule has 106 valence electrons. The van der Waals surface area contributed by atoms with Gasteiger partial charge in [-0.3, -0.25) is 0 Å². The van der Waals surface area contributed by atoms with E-state index in [4.69, 9.17) is 0 Å². The summed E-state index contributed by atoms with van der Waals surface area (Å²) in [6.07, 6.45) is 7.94. The van der Waals surface area contributed by atoms with Gasteiger partial charge in [-0.25, -0.2) is 9.97 Å². The van der Waals surface area contributed by atoms with Crippen LogP contribution in [0, 0.1) is 6.92 Å². The molecule has 1 aromatic rings. The monoisotopic (exact) mass is 262 g/mol. The largest absolute Gasteiger partial charge is 0.368 e. The van der Waals surface area contributed by atoms with Gasteiger partial charge in [-0.05, 0) is 33.6 Å². The third-order valence-electron chi connectivity index (χ3n) is 3.48. The van der Waals surface area contributed by atoms with E-state index in [9.17, 15) is 0 Å². The van der Waals surface area contributed by atoms with E-state index >= 15 is 0 Å². The molecule has 2 N–H and O–H groups in total. The third kappa shape index (κ3) is 4.69. The molecule has 1 heterocycles. The lowest BCUT2D eigenvalue weighted by Gasteiger charge is -2.18. The molecule has 0 saturated heterocycles. The van der Waals surface area contributed by atoms with Gasteiger partial charge in [0.15, 0.2) is 0 Å². The second-order valence-electron chi connectivity index (χ2n) is 5.82. The summed E-state index contributed by atoms with van der Waals surface area (Å²) in [5, 5.41) is 6.93. The zero-order chi connectivity index (χ0) is 13.7. The summed E-state index contributed by atoms with van der Waals surface area (Å²) in [7, 11) is 0. The number of nitrogens with one attached hydrogen (secondary N) is 2. The first kappa shape index (κ1) is 14.1. The van der Waals surface area contributed by atoms with Crippen LogP contribution in [0.15, 0.2) is 6.07 Å². The quantitative estimate of drug-likeness (QED) is 0.812. The highest BCUT2D eigenvalue weighted by molar-refractivity contribution is 5.48. The van der Waals surface area contributed by atoms with Crippen LogP contribution >= 0.6 is 0 Å². The first-order chi connectivity index (χ1) is 9.13. The summed E-state index contributed by atoms with van der Waals surface area (Å²) in [5.41, 5.74) is 0. The van der Waals surface area contributed by atoms with Crippen LogP contribution in [0.2, 0.25) is 0 Å². The zero-order valence-electron chi connectivity index (χ0n) is 12.4. The van der Waals surface area contributed by atoms with Gasteiger partial charge in [0.25, 0.3) is 0 Å². The van der Waals surface area contributed by atoms with Gasteiger partial charge in [0.2, 0.25) is 0 Å². The maximum absolute atomic E-state index is 4.50. The fraction of sp³-hybridized carbons (Fsp3) is 0.733. The molecule has 0 aliphatic heterocycles. The van der Waals surface area contributed by atoms with Crippen molar-refractivity contribution in [3.8, 4) is 0 Å². The van der Waals surface area contributed by atoms with Crippen LogP contribution in [0.25, 0.3) is 0 Å². The molecular formula is C15H26N4. The second-order valence-corrected chi connectivity index (χ2v) is 5.82. The van der Waals surface area contributed by atoms with Crippen molar-refractivity contribution < 1.29 is 0 Å². The Morgan fingerprint density at radius 1 is 1.05 bits per heavy atom. The number of hydrogen-bond donors (Lipinski definition) is 2. The van der Waals surface area contributed by atoms with Gasteiger partial charge in [0.1, 0.15) is 17.5 Å². The Hall–Kier alpha value is -1.32. The Morgan fingerprint density at radius 2 is 1.68 bits per heavy atom. The maximum Gasteiger partial charge on any atom is 0.132 e. The molecule has 0 aromatic carbocycles. The number of rotatable bonds is 4. The van der Waals surface area contributed by atoms with Gasteiger partial charge < -0.3 is 10.6 Å². The zero-order valence-corrected chi connectivity index (χ0v) is 12.4. The Balaban J connectivity index is 2.04. The van der Waals surface area contributed by atoms with Crippen molar-refractivity contribution in [2.45, 2.75) is 71.4 Å². The standard InChI is InChI=1S/C15H26N4/c1-11(2)16-14-10-15(18-12(3)17-14)19-13-8-6-4-5-7-9-13/h10-11,13H,4-9H2,1-3H3,(H2,16,17,18,19). The van der Waals surface area contributed by atoms with Gasteiger partial charge in [-0.15, -0.1) is 0 Å². The molecule has 2 rings (SSSR count). The lowest BCUT2D eigenvalue weighted by molar-refractivity contribution is 0.617. The van der Waals surface area contributed by atoms with E-state index in [0.717, 1.165) is 17.5 Å². The number of hydrogen-bond acceptors (Lipinski definition) is 4. The smallest absolute Gasteiger partial charge is 0.132 e. The molecule has 1 saturated carbocycles. The first-order valence-electron chi connectivity index (χ1n) is 7.52. The first-order valence-corrected chi connectivity index (χ1v) is 7.52. The summed E-state index contributed by atoms with van der Waals surface area (Å²) >= 11 is 0. The second kappa shape index (κ2) is 6.73. The molecule has 1 aromatic heterocycles. The van der Waals surface area contributed by atoms with Crippen molar-refractivity contribution >= 4 is 11.6 Å². The van der Waals surface area contributed by atoms with Crippen molar-refractivity contribution in [3.63, 3.8) is 0 Å². The SMILES string of the molecule is Cc1nc(NC(C)C)cc(NC2CCCCCC2)n1. The minimum atomic E-state index is 0.389. The molecule has 0 atom stereocenters. The Bertz CT molecular complexity index is 395. The number of nitrogens with zero attached hydrogens (tertiary/aromatic N) is 2. The van der Waals surface area contributed by atoms with Crippen molar-refractivity contribution in [1.82, 2.24) is 9.97 Å². The van der Waals surface area contributed by atoms with E-state index in [2.05, 4.69) is 34.4 Å². The Kier molecular flexibility index (Phi) is 5.00. The molecule has 4 nitrogen and oxygen atoms in total. The predicted molar refractivity (Wildman–Crippen MR) is 80.6 cm³/mol. The molecule has 0 spiro atoms. The number of anilines is 2. The lowest BCUT2D eigenvalue weighted by Crippen LogP contribution is -2.20. The molecule has 0 unspecified atom stereocenters. The topological polar surface area (TPSA) is 49.8 Å². The molecule has 1 aliphatic carbocycles. The molecule has 0 bridgehead atoms. The summed E-state index contributed by atoms with van der Waals surface area (Å²) in [6.45, 7) is 6.19. The third-order valence-corrected chi connectivity index (χ3v) is 3.48. The highest BCUT2D eigenvalue weighted by Crippen LogP contribution is 2.21. The van der Waals surface area contributed by atoms with E-state index in [-0.39, 0.29) is 0 Å². The van der Waals surface area contributed by atoms with Gasteiger partial charge in [0.05, 0.1) is 0 Å². The highest BCUT2D eigenvalue weighted by Gasteiger charge is 2.13. The lowest BCUT2D eigenvalue weighted by atomic mass is 10.1. The van der Waals surface area contributed by atoms with Gasteiger partial charge in [-0.1, -0.05) is 25.7 Å². The molecule has 1 fully saturated rings. The van der Waals surface area contributed by atoms with Crippen molar-refractivity contribution in [1.29, 1.82) is 0 Å². The highest BCUT2D eigenvalue weighted by atomic mass is 15.1. The number of aromatic nitrogens is 2. The van der Waals surface area contributed by atoms with Crippen LogP contribution in [0.1, 0.15) is 58.2 Å².